The molecule has 3 aliphatic rings. The molecule has 1 saturated heterocycles. The molecule has 2 aliphatic carbocycles. The van der Waals surface area contributed by atoms with E-state index in [4.69, 9.17) is 0 Å². The summed E-state index contributed by atoms with van der Waals surface area (Å²) in [6.45, 7) is 3.60. The van der Waals surface area contributed by atoms with Gasteiger partial charge >= 0.3 is 0 Å². The molecule has 2 aromatic rings. The van der Waals surface area contributed by atoms with Crippen LogP contribution in [0, 0.1) is 11.3 Å². The maximum atomic E-state index is 14.1. The first-order valence-corrected chi connectivity index (χ1v) is 9.82. The Balaban J connectivity index is 1.30. The van der Waals surface area contributed by atoms with Crippen LogP contribution in [-0.4, -0.2) is 40.1 Å². The predicted octanol–water partition coefficient (Wildman–Crippen LogP) is 2.89. The summed E-state index contributed by atoms with van der Waals surface area (Å²) in [5.41, 5.74) is 2.09. The minimum Gasteiger partial charge on any atom is -0.319 e. The van der Waals surface area contributed by atoms with Gasteiger partial charge in [0.25, 0.3) is 11.8 Å². The molecule has 0 radical (unpaired) electrons. The van der Waals surface area contributed by atoms with Gasteiger partial charge in [0.05, 0.1) is 11.9 Å². The van der Waals surface area contributed by atoms with Crippen LogP contribution in [-0.2, 0) is 12.8 Å². The molecule has 1 amide bonds. The number of amides is 1. The standard InChI is InChI=1S/C20H23F2N5O/c1-19-9-15-13(8-16(19)20(19,21)22)17(27-26-15)18(28)25-12-2-3-14(24-10-12)11-4-6-23-7-5-11/h2-3,10-11,16,23H,4-9H2,1H3,(H,25,28)(H,26,27). The Hall–Kier alpha value is -2.35. The van der Waals surface area contributed by atoms with Gasteiger partial charge in [-0.2, -0.15) is 5.10 Å². The van der Waals surface area contributed by atoms with Crippen LogP contribution in [0.15, 0.2) is 18.3 Å². The molecule has 2 aromatic heterocycles. The zero-order valence-electron chi connectivity index (χ0n) is 15.7. The monoisotopic (exact) mass is 387 g/mol. The van der Waals surface area contributed by atoms with Crippen LogP contribution in [0.2, 0.25) is 0 Å². The number of hydrogen-bond acceptors (Lipinski definition) is 4. The zero-order valence-corrected chi connectivity index (χ0v) is 15.7. The second-order valence-electron chi connectivity index (χ2n) is 8.45. The van der Waals surface area contributed by atoms with Crippen molar-refractivity contribution in [3.05, 3.63) is 41.0 Å². The van der Waals surface area contributed by atoms with Crippen molar-refractivity contribution < 1.29 is 13.6 Å². The van der Waals surface area contributed by atoms with E-state index < -0.39 is 17.3 Å². The number of halogens is 2. The first-order valence-electron chi connectivity index (χ1n) is 9.82. The molecule has 2 atom stereocenters. The molecule has 148 valence electrons. The molecule has 28 heavy (non-hydrogen) atoms. The fourth-order valence-electron chi connectivity index (χ4n) is 4.82. The molecule has 0 bridgehead atoms. The molecule has 2 unspecified atom stereocenters. The summed E-state index contributed by atoms with van der Waals surface area (Å²) in [5, 5.41) is 13.0. The Morgan fingerprint density at radius 2 is 2.07 bits per heavy atom. The number of nitrogens with one attached hydrogen (secondary N) is 3. The molecular formula is C20H23F2N5O. The number of piperidine rings is 1. The second-order valence-corrected chi connectivity index (χ2v) is 8.45. The van der Waals surface area contributed by atoms with Crippen LogP contribution < -0.4 is 10.6 Å². The number of carbonyl (C=O) groups is 1. The summed E-state index contributed by atoms with van der Waals surface area (Å²) in [6.07, 6.45) is 4.18. The molecule has 0 spiro atoms. The van der Waals surface area contributed by atoms with Crippen LogP contribution in [0.25, 0.3) is 0 Å². The number of rotatable bonds is 3. The molecule has 0 aromatic carbocycles. The molecule has 6 nitrogen and oxygen atoms in total. The lowest BCUT2D eigenvalue weighted by molar-refractivity contribution is 0.0631. The van der Waals surface area contributed by atoms with Gasteiger partial charge < -0.3 is 10.6 Å². The first kappa shape index (κ1) is 17.7. The van der Waals surface area contributed by atoms with Crippen molar-refractivity contribution in [1.82, 2.24) is 20.5 Å². The fraction of sp³-hybridized carbons (Fsp3) is 0.550. The van der Waals surface area contributed by atoms with Gasteiger partial charge in [-0.3, -0.25) is 14.9 Å². The topological polar surface area (TPSA) is 82.7 Å². The van der Waals surface area contributed by atoms with Crippen molar-refractivity contribution in [1.29, 1.82) is 0 Å². The van der Waals surface area contributed by atoms with E-state index in [1.54, 1.807) is 13.1 Å². The van der Waals surface area contributed by atoms with Crippen molar-refractivity contribution in [2.45, 2.75) is 44.4 Å². The second kappa shape index (κ2) is 6.07. The normalized spacial score (nSPS) is 28.3. The number of pyridine rings is 1. The number of aromatic amines is 1. The van der Waals surface area contributed by atoms with Crippen LogP contribution in [0.5, 0.6) is 0 Å². The predicted molar refractivity (Wildman–Crippen MR) is 99.6 cm³/mol. The Labute approximate surface area is 161 Å². The zero-order chi connectivity index (χ0) is 19.5. The number of anilines is 1. The molecule has 3 heterocycles. The van der Waals surface area contributed by atoms with Gasteiger partial charge in [-0.1, -0.05) is 6.92 Å². The van der Waals surface area contributed by atoms with Gasteiger partial charge in [0.15, 0.2) is 5.69 Å². The summed E-state index contributed by atoms with van der Waals surface area (Å²) in [7, 11) is 0. The average Bonchev–Trinajstić information content (AvgIpc) is 2.97. The number of nitrogens with zero attached hydrogens (tertiary/aromatic N) is 2. The Bertz CT molecular complexity index is 919. The summed E-state index contributed by atoms with van der Waals surface area (Å²) < 4.78 is 28.1. The van der Waals surface area contributed by atoms with Crippen molar-refractivity contribution in [2.75, 3.05) is 18.4 Å². The van der Waals surface area contributed by atoms with E-state index in [9.17, 15) is 13.6 Å². The van der Waals surface area contributed by atoms with Crippen molar-refractivity contribution in [3.63, 3.8) is 0 Å². The summed E-state index contributed by atoms with van der Waals surface area (Å²) in [4.78, 5) is 17.2. The Morgan fingerprint density at radius 3 is 2.79 bits per heavy atom. The molecule has 1 aliphatic heterocycles. The van der Waals surface area contributed by atoms with E-state index in [0.717, 1.165) is 31.6 Å². The smallest absolute Gasteiger partial charge is 0.276 e. The van der Waals surface area contributed by atoms with E-state index in [2.05, 4.69) is 25.8 Å². The third-order valence-electron chi connectivity index (χ3n) is 6.81. The van der Waals surface area contributed by atoms with Gasteiger partial charge in [0.1, 0.15) is 0 Å². The van der Waals surface area contributed by atoms with E-state index >= 15 is 0 Å². The van der Waals surface area contributed by atoms with Gasteiger partial charge in [-0.25, -0.2) is 8.78 Å². The Kier molecular flexibility index (Phi) is 3.84. The van der Waals surface area contributed by atoms with E-state index in [0.29, 0.717) is 22.9 Å². The SMILES string of the molecule is CC12Cc3[nH]nc(C(=O)Nc4ccc(C5CCNCC5)nc4)c3CC1C2(F)F. The van der Waals surface area contributed by atoms with Crippen LogP contribution in [0.4, 0.5) is 14.5 Å². The number of carbonyl (C=O) groups excluding carboxylic acids is 1. The summed E-state index contributed by atoms with van der Waals surface area (Å²) in [6, 6.07) is 3.79. The quantitative estimate of drug-likeness (QED) is 0.756. The van der Waals surface area contributed by atoms with Gasteiger partial charge in [0, 0.05) is 40.6 Å². The lowest BCUT2D eigenvalue weighted by atomic mass is 9.87. The molecule has 3 N–H and O–H groups in total. The van der Waals surface area contributed by atoms with Crippen molar-refractivity contribution in [2.24, 2.45) is 11.3 Å². The van der Waals surface area contributed by atoms with Crippen molar-refractivity contribution in [3.8, 4) is 0 Å². The van der Waals surface area contributed by atoms with E-state index in [1.165, 1.54) is 0 Å². The summed E-state index contributed by atoms with van der Waals surface area (Å²) >= 11 is 0. The van der Waals surface area contributed by atoms with E-state index in [1.807, 2.05) is 12.1 Å². The lowest BCUT2D eigenvalue weighted by Crippen LogP contribution is -2.27. The molecule has 8 heteroatoms. The van der Waals surface area contributed by atoms with E-state index in [-0.39, 0.29) is 24.4 Å². The highest BCUT2D eigenvalue weighted by Gasteiger charge is 2.78. The van der Waals surface area contributed by atoms with Crippen LogP contribution in [0.3, 0.4) is 0 Å². The maximum Gasteiger partial charge on any atom is 0.276 e. The van der Waals surface area contributed by atoms with Crippen LogP contribution in [0.1, 0.15) is 53.1 Å². The summed E-state index contributed by atoms with van der Waals surface area (Å²) in [5.74, 6) is -3.32. The number of H-pyrrole nitrogens is 1. The third kappa shape index (κ3) is 2.57. The highest BCUT2D eigenvalue weighted by molar-refractivity contribution is 6.04. The molecule has 1 saturated carbocycles. The highest BCUT2D eigenvalue weighted by Crippen LogP contribution is 2.70. The maximum absolute atomic E-state index is 14.1. The van der Waals surface area contributed by atoms with Crippen LogP contribution >= 0.6 is 0 Å². The first-order chi connectivity index (χ1) is 13.4. The number of hydrogen-bond donors (Lipinski definition) is 3. The third-order valence-corrected chi connectivity index (χ3v) is 6.81. The van der Waals surface area contributed by atoms with Gasteiger partial charge in [-0.15, -0.1) is 0 Å². The minimum atomic E-state index is -2.67. The lowest BCUT2D eigenvalue weighted by Gasteiger charge is -2.22. The van der Waals surface area contributed by atoms with Gasteiger partial charge in [0.2, 0.25) is 0 Å². The van der Waals surface area contributed by atoms with Crippen molar-refractivity contribution >= 4 is 11.6 Å². The molecule has 2 fully saturated rings. The number of alkyl halides is 2. The highest BCUT2D eigenvalue weighted by atomic mass is 19.3. The Morgan fingerprint density at radius 1 is 1.29 bits per heavy atom. The van der Waals surface area contributed by atoms with Gasteiger partial charge in [-0.05, 0) is 44.5 Å². The molecule has 5 rings (SSSR count). The largest absolute Gasteiger partial charge is 0.319 e. The average molecular weight is 387 g/mol. The minimum absolute atomic E-state index is 0.186. The fourth-order valence-corrected chi connectivity index (χ4v) is 4.82. The molecular weight excluding hydrogens is 364 g/mol. The number of aromatic nitrogens is 3. The number of fused-ring (bicyclic) bond motifs is 2.